The number of hydrogen-bond donors (Lipinski definition) is 2. The van der Waals surface area contributed by atoms with Crippen LogP contribution < -0.4 is 11.5 Å². The Bertz CT molecular complexity index is 554. The van der Waals surface area contributed by atoms with Gasteiger partial charge in [-0.15, -0.1) is 0 Å². The zero-order valence-electron chi connectivity index (χ0n) is 11.0. The van der Waals surface area contributed by atoms with Crippen LogP contribution in [-0.4, -0.2) is 35.1 Å². The molecule has 0 unspecified atom stereocenters. The van der Waals surface area contributed by atoms with Crippen molar-refractivity contribution in [3.63, 3.8) is 0 Å². The van der Waals surface area contributed by atoms with E-state index in [0.29, 0.717) is 0 Å². The Morgan fingerprint density at radius 1 is 1.16 bits per heavy atom. The number of benzene rings is 1. The standard InChI is InChI=1S/C15H20N4/c16-13-6-14(17)10-19(9-13)8-12-3-1-2-11-7-18-5-4-15(11)12/h1-5,7,13-14H,6,8-10,16-17H2/t13-,14+. The van der Waals surface area contributed by atoms with Gasteiger partial charge in [0, 0.05) is 49.5 Å². The Morgan fingerprint density at radius 2 is 1.95 bits per heavy atom. The first kappa shape index (κ1) is 12.5. The second-order valence-corrected chi connectivity index (χ2v) is 5.46. The molecule has 1 aliphatic rings. The van der Waals surface area contributed by atoms with Gasteiger partial charge in [0.1, 0.15) is 0 Å². The van der Waals surface area contributed by atoms with Gasteiger partial charge in [-0.05, 0) is 23.4 Å². The summed E-state index contributed by atoms with van der Waals surface area (Å²) in [5.41, 5.74) is 13.4. The first-order valence-corrected chi connectivity index (χ1v) is 6.77. The summed E-state index contributed by atoms with van der Waals surface area (Å²) in [4.78, 5) is 6.53. The lowest BCUT2D eigenvalue weighted by Gasteiger charge is -2.34. The highest BCUT2D eigenvalue weighted by Gasteiger charge is 2.22. The molecule has 4 nitrogen and oxygen atoms in total. The lowest BCUT2D eigenvalue weighted by atomic mass is 10.0. The number of likely N-dealkylation sites (tertiary alicyclic amines) is 1. The maximum absolute atomic E-state index is 6.05. The van der Waals surface area contributed by atoms with E-state index in [1.807, 2.05) is 12.4 Å². The van der Waals surface area contributed by atoms with Crippen molar-refractivity contribution in [1.29, 1.82) is 0 Å². The Morgan fingerprint density at radius 3 is 2.74 bits per heavy atom. The van der Waals surface area contributed by atoms with Crippen LogP contribution in [0.2, 0.25) is 0 Å². The van der Waals surface area contributed by atoms with Crippen molar-refractivity contribution in [3.8, 4) is 0 Å². The number of pyridine rings is 1. The topological polar surface area (TPSA) is 68.2 Å². The summed E-state index contributed by atoms with van der Waals surface area (Å²) in [6.45, 7) is 2.76. The number of nitrogens with zero attached hydrogens (tertiary/aromatic N) is 2. The fourth-order valence-electron chi connectivity index (χ4n) is 2.97. The summed E-state index contributed by atoms with van der Waals surface area (Å²) in [5.74, 6) is 0. The van der Waals surface area contributed by atoms with E-state index in [4.69, 9.17) is 11.5 Å². The summed E-state index contributed by atoms with van der Waals surface area (Å²) >= 11 is 0. The molecule has 4 N–H and O–H groups in total. The molecule has 2 heterocycles. The largest absolute Gasteiger partial charge is 0.326 e. The second-order valence-electron chi connectivity index (χ2n) is 5.46. The molecule has 1 aromatic heterocycles. The van der Waals surface area contributed by atoms with Crippen LogP contribution >= 0.6 is 0 Å². The lowest BCUT2D eigenvalue weighted by molar-refractivity contribution is 0.183. The zero-order chi connectivity index (χ0) is 13.2. The van der Waals surface area contributed by atoms with Crippen LogP contribution in [-0.2, 0) is 6.54 Å². The van der Waals surface area contributed by atoms with Crippen molar-refractivity contribution in [2.75, 3.05) is 13.1 Å². The van der Waals surface area contributed by atoms with Crippen molar-refractivity contribution in [2.24, 2.45) is 11.5 Å². The summed E-state index contributed by atoms with van der Waals surface area (Å²) in [5, 5.41) is 2.45. The van der Waals surface area contributed by atoms with Crippen molar-refractivity contribution in [3.05, 3.63) is 42.2 Å². The van der Waals surface area contributed by atoms with E-state index >= 15 is 0 Å². The van der Waals surface area contributed by atoms with Gasteiger partial charge in [0.05, 0.1) is 0 Å². The highest BCUT2D eigenvalue weighted by molar-refractivity contribution is 5.84. The summed E-state index contributed by atoms with van der Waals surface area (Å²) in [6.07, 6.45) is 4.68. The molecule has 3 rings (SSSR count). The van der Waals surface area contributed by atoms with E-state index in [0.717, 1.165) is 26.1 Å². The maximum atomic E-state index is 6.05. The van der Waals surface area contributed by atoms with Crippen LogP contribution in [0.15, 0.2) is 36.7 Å². The molecule has 0 amide bonds. The third-order valence-corrected chi connectivity index (χ3v) is 3.76. The van der Waals surface area contributed by atoms with Crippen molar-refractivity contribution in [2.45, 2.75) is 25.0 Å². The third-order valence-electron chi connectivity index (χ3n) is 3.76. The van der Waals surface area contributed by atoms with Crippen molar-refractivity contribution < 1.29 is 0 Å². The molecule has 4 heteroatoms. The van der Waals surface area contributed by atoms with Crippen LogP contribution in [0.1, 0.15) is 12.0 Å². The normalized spacial score (nSPS) is 24.7. The zero-order valence-corrected chi connectivity index (χ0v) is 11.0. The van der Waals surface area contributed by atoms with E-state index in [9.17, 15) is 0 Å². The molecule has 100 valence electrons. The smallest absolute Gasteiger partial charge is 0.0346 e. The fourth-order valence-corrected chi connectivity index (χ4v) is 2.97. The van der Waals surface area contributed by atoms with Gasteiger partial charge in [0.2, 0.25) is 0 Å². The van der Waals surface area contributed by atoms with E-state index in [1.165, 1.54) is 16.3 Å². The average Bonchev–Trinajstić information content (AvgIpc) is 2.38. The minimum atomic E-state index is 0.195. The van der Waals surface area contributed by atoms with E-state index in [-0.39, 0.29) is 12.1 Å². The number of piperidine rings is 1. The molecule has 1 fully saturated rings. The molecule has 2 aromatic rings. The minimum Gasteiger partial charge on any atom is -0.326 e. The van der Waals surface area contributed by atoms with Gasteiger partial charge in [-0.3, -0.25) is 9.88 Å². The third kappa shape index (κ3) is 2.76. The molecule has 0 spiro atoms. The highest BCUT2D eigenvalue weighted by Crippen LogP contribution is 2.20. The Kier molecular flexibility index (Phi) is 3.46. The molecule has 0 saturated carbocycles. The van der Waals surface area contributed by atoms with Gasteiger partial charge in [0.15, 0.2) is 0 Å². The lowest BCUT2D eigenvalue weighted by Crippen LogP contribution is -2.51. The summed E-state index contributed by atoms with van der Waals surface area (Å²) in [6, 6.07) is 8.83. The number of hydrogen-bond acceptors (Lipinski definition) is 4. The molecule has 19 heavy (non-hydrogen) atoms. The number of nitrogens with two attached hydrogens (primary N) is 2. The molecule has 2 atom stereocenters. The number of rotatable bonds is 2. The molecule has 1 saturated heterocycles. The molecule has 1 aromatic carbocycles. The second kappa shape index (κ2) is 5.25. The fraction of sp³-hybridized carbons (Fsp3) is 0.400. The predicted molar refractivity (Wildman–Crippen MR) is 77.6 cm³/mol. The van der Waals surface area contributed by atoms with Crippen molar-refractivity contribution in [1.82, 2.24) is 9.88 Å². The molecular weight excluding hydrogens is 236 g/mol. The maximum Gasteiger partial charge on any atom is 0.0346 e. The van der Waals surface area contributed by atoms with Gasteiger partial charge in [-0.1, -0.05) is 18.2 Å². The Hall–Kier alpha value is -1.49. The van der Waals surface area contributed by atoms with Gasteiger partial charge in [0.25, 0.3) is 0 Å². The highest BCUT2D eigenvalue weighted by atomic mass is 15.2. The quantitative estimate of drug-likeness (QED) is 0.844. The van der Waals surface area contributed by atoms with Crippen LogP contribution in [0.25, 0.3) is 10.8 Å². The van der Waals surface area contributed by atoms with Gasteiger partial charge >= 0.3 is 0 Å². The monoisotopic (exact) mass is 256 g/mol. The van der Waals surface area contributed by atoms with Crippen LogP contribution in [0.3, 0.4) is 0 Å². The average molecular weight is 256 g/mol. The Labute approximate surface area is 113 Å². The van der Waals surface area contributed by atoms with E-state index in [2.05, 4.69) is 34.1 Å². The van der Waals surface area contributed by atoms with Crippen LogP contribution in [0.5, 0.6) is 0 Å². The summed E-state index contributed by atoms with van der Waals surface area (Å²) in [7, 11) is 0. The molecular formula is C15H20N4. The molecule has 0 bridgehead atoms. The predicted octanol–water partition coefficient (Wildman–Crippen LogP) is 1.10. The SMILES string of the molecule is N[C@@H]1C[C@H](N)CN(Cc2cccc3cnccc23)C1. The van der Waals surface area contributed by atoms with Crippen molar-refractivity contribution >= 4 is 10.8 Å². The van der Waals surface area contributed by atoms with Crippen LogP contribution in [0.4, 0.5) is 0 Å². The van der Waals surface area contributed by atoms with Gasteiger partial charge in [-0.2, -0.15) is 0 Å². The molecule has 0 aliphatic carbocycles. The first-order chi connectivity index (χ1) is 9.22. The number of fused-ring (bicyclic) bond motifs is 1. The van der Waals surface area contributed by atoms with E-state index < -0.39 is 0 Å². The molecule has 1 aliphatic heterocycles. The summed E-state index contributed by atoms with van der Waals surface area (Å²) < 4.78 is 0. The minimum absolute atomic E-state index is 0.195. The number of aromatic nitrogens is 1. The van der Waals surface area contributed by atoms with Gasteiger partial charge in [-0.25, -0.2) is 0 Å². The van der Waals surface area contributed by atoms with Crippen LogP contribution in [0, 0.1) is 0 Å². The van der Waals surface area contributed by atoms with Gasteiger partial charge < -0.3 is 11.5 Å². The molecule has 0 radical (unpaired) electrons. The Balaban J connectivity index is 1.85. The first-order valence-electron chi connectivity index (χ1n) is 6.77. The van der Waals surface area contributed by atoms with E-state index in [1.54, 1.807) is 0 Å².